The molecule has 2 rings (SSSR count). The summed E-state index contributed by atoms with van der Waals surface area (Å²) in [4.78, 5) is 35.4. The number of hydrogen-bond acceptors (Lipinski definition) is 4. The lowest BCUT2D eigenvalue weighted by Crippen LogP contribution is -2.40. The summed E-state index contributed by atoms with van der Waals surface area (Å²) in [6, 6.07) is 3.37. The number of rotatable bonds is 3. The van der Waals surface area contributed by atoms with E-state index in [0.29, 0.717) is 13.0 Å². The Morgan fingerprint density at radius 2 is 2.25 bits per heavy atom. The Balaban J connectivity index is 2.20. The molecular formula is C12H12ClN3O4. The van der Waals surface area contributed by atoms with Crippen LogP contribution in [0.4, 0.5) is 5.69 Å². The summed E-state index contributed by atoms with van der Waals surface area (Å²) in [5.41, 5.74) is -0.350. The monoisotopic (exact) mass is 297 g/mol. The van der Waals surface area contributed by atoms with Gasteiger partial charge in [-0.05, 0) is 12.5 Å². The molecule has 8 heteroatoms. The van der Waals surface area contributed by atoms with E-state index in [-0.39, 0.29) is 22.2 Å². The van der Waals surface area contributed by atoms with Crippen LogP contribution in [0.15, 0.2) is 18.2 Å². The fourth-order valence-corrected chi connectivity index (χ4v) is 2.31. The predicted molar refractivity (Wildman–Crippen MR) is 71.6 cm³/mol. The van der Waals surface area contributed by atoms with Gasteiger partial charge in [0.25, 0.3) is 11.6 Å². The minimum atomic E-state index is -0.659. The minimum Gasteiger partial charge on any atom is -0.344 e. The Hall–Kier alpha value is -2.15. The molecule has 0 saturated carbocycles. The Bertz CT molecular complexity index is 590. The number of likely N-dealkylation sites (tertiary alicyclic amines) is 1. The fraction of sp³-hybridized carbons (Fsp3) is 0.333. The fourth-order valence-electron chi connectivity index (χ4n) is 2.03. The molecule has 1 aromatic carbocycles. The van der Waals surface area contributed by atoms with Gasteiger partial charge in [-0.15, -0.1) is 0 Å². The summed E-state index contributed by atoms with van der Waals surface area (Å²) >= 11 is 5.85. The third-order valence-corrected chi connectivity index (χ3v) is 3.55. The third kappa shape index (κ3) is 2.57. The lowest BCUT2D eigenvalue weighted by molar-refractivity contribution is -0.384. The second-order valence-electron chi connectivity index (χ2n) is 4.47. The van der Waals surface area contributed by atoms with Gasteiger partial charge in [0.1, 0.15) is 11.1 Å². The summed E-state index contributed by atoms with van der Waals surface area (Å²) in [6.07, 6.45) is 0.508. The van der Waals surface area contributed by atoms with E-state index in [1.807, 2.05) is 0 Å². The highest BCUT2D eigenvalue weighted by molar-refractivity contribution is 6.35. The number of amides is 2. The van der Waals surface area contributed by atoms with Gasteiger partial charge in [-0.1, -0.05) is 17.7 Å². The zero-order valence-electron chi connectivity index (χ0n) is 10.6. The topological polar surface area (TPSA) is 92.6 Å². The van der Waals surface area contributed by atoms with Gasteiger partial charge in [0.05, 0.1) is 10.5 Å². The van der Waals surface area contributed by atoms with Crippen LogP contribution in [0.25, 0.3) is 0 Å². The van der Waals surface area contributed by atoms with Gasteiger partial charge in [-0.25, -0.2) is 0 Å². The van der Waals surface area contributed by atoms with Gasteiger partial charge in [0.15, 0.2) is 0 Å². The van der Waals surface area contributed by atoms with E-state index in [1.54, 1.807) is 7.05 Å². The van der Waals surface area contributed by atoms with Gasteiger partial charge in [-0.2, -0.15) is 0 Å². The number of likely N-dealkylation sites (N-methyl/N-ethyl adjacent to an activating group) is 1. The van der Waals surface area contributed by atoms with Crippen LogP contribution in [-0.4, -0.2) is 41.3 Å². The van der Waals surface area contributed by atoms with Crippen molar-refractivity contribution in [3.05, 3.63) is 38.9 Å². The number of nitro benzene ring substituents is 1. The molecule has 0 bridgehead atoms. The van der Waals surface area contributed by atoms with E-state index in [2.05, 4.69) is 5.32 Å². The molecule has 1 unspecified atom stereocenters. The molecule has 1 fully saturated rings. The van der Waals surface area contributed by atoms with E-state index in [9.17, 15) is 19.7 Å². The van der Waals surface area contributed by atoms with Crippen molar-refractivity contribution >= 4 is 29.1 Å². The molecule has 0 spiro atoms. The van der Waals surface area contributed by atoms with Crippen LogP contribution in [-0.2, 0) is 4.79 Å². The molecule has 7 nitrogen and oxygen atoms in total. The summed E-state index contributed by atoms with van der Waals surface area (Å²) < 4.78 is 0. The van der Waals surface area contributed by atoms with Crippen LogP contribution >= 0.6 is 11.6 Å². The molecule has 1 heterocycles. The number of nitrogens with one attached hydrogen (secondary N) is 1. The second-order valence-corrected chi connectivity index (χ2v) is 4.85. The van der Waals surface area contributed by atoms with Crippen molar-refractivity contribution in [3.8, 4) is 0 Å². The van der Waals surface area contributed by atoms with E-state index in [4.69, 9.17) is 11.6 Å². The van der Waals surface area contributed by atoms with E-state index in [1.165, 1.54) is 23.1 Å². The van der Waals surface area contributed by atoms with Gasteiger partial charge < -0.3 is 10.2 Å². The van der Waals surface area contributed by atoms with E-state index in [0.717, 1.165) is 0 Å². The van der Waals surface area contributed by atoms with Crippen LogP contribution in [0.5, 0.6) is 0 Å². The first kappa shape index (κ1) is 14.3. The number of halogens is 1. The Morgan fingerprint density at radius 3 is 2.80 bits per heavy atom. The zero-order valence-corrected chi connectivity index (χ0v) is 11.4. The number of nitrogens with zero attached hydrogens (tertiary/aromatic N) is 2. The lowest BCUT2D eigenvalue weighted by Gasteiger charge is -2.12. The Labute approximate surface area is 119 Å². The second kappa shape index (κ2) is 5.46. The molecule has 0 radical (unpaired) electrons. The normalized spacial score (nSPS) is 18.2. The van der Waals surface area contributed by atoms with Crippen LogP contribution in [0.2, 0.25) is 5.02 Å². The number of nitro groups is 1. The molecule has 1 saturated heterocycles. The maximum atomic E-state index is 12.1. The van der Waals surface area contributed by atoms with Crippen LogP contribution in [0.1, 0.15) is 16.8 Å². The van der Waals surface area contributed by atoms with Crippen molar-refractivity contribution in [2.45, 2.75) is 12.5 Å². The largest absolute Gasteiger partial charge is 0.344 e. The smallest absolute Gasteiger partial charge is 0.288 e. The van der Waals surface area contributed by atoms with Crippen molar-refractivity contribution in [1.29, 1.82) is 0 Å². The van der Waals surface area contributed by atoms with Crippen molar-refractivity contribution in [2.75, 3.05) is 13.6 Å². The Morgan fingerprint density at radius 1 is 1.55 bits per heavy atom. The van der Waals surface area contributed by atoms with Crippen LogP contribution in [0.3, 0.4) is 0 Å². The SMILES string of the molecule is CN1CCC(NC(=O)c2cccc([N+](=O)[O-])c2Cl)C1=O. The first-order chi connectivity index (χ1) is 9.41. The van der Waals surface area contributed by atoms with Crippen molar-refractivity contribution in [3.63, 3.8) is 0 Å². The minimum absolute atomic E-state index is 0.0109. The molecule has 1 aromatic rings. The summed E-state index contributed by atoms with van der Waals surface area (Å²) in [6.45, 7) is 0.562. The molecule has 106 valence electrons. The Kier molecular flexibility index (Phi) is 3.89. The quantitative estimate of drug-likeness (QED) is 0.670. The van der Waals surface area contributed by atoms with Crippen LogP contribution < -0.4 is 5.32 Å². The van der Waals surface area contributed by atoms with Crippen molar-refractivity contribution in [1.82, 2.24) is 10.2 Å². The highest BCUT2D eigenvalue weighted by Crippen LogP contribution is 2.27. The van der Waals surface area contributed by atoms with E-state index < -0.39 is 16.9 Å². The number of benzene rings is 1. The first-order valence-corrected chi connectivity index (χ1v) is 6.28. The molecule has 1 aliphatic rings. The maximum absolute atomic E-state index is 12.1. The number of hydrogen-bond donors (Lipinski definition) is 1. The summed E-state index contributed by atoms with van der Waals surface area (Å²) in [5, 5.41) is 13.1. The first-order valence-electron chi connectivity index (χ1n) is 5.90. The highest BCUT2D eigenvalue weighted by atomic mass is 35.5. The molecule has 0 aromatic heterocycles. The zero-order chi connectivity index (χ0) is 14.9. The van der Waals surface area contributed by atoms with E-state index >= 15 is 0 Å². The highest BCUT2D eigenvalue weighted by Gasteiger charge is 2.31. The lowest BCUT2D eigenvalue weighted by atomic mass is 10.1. The standard InChI is InChI=1S/C12H12ClN3O4/c1-15-6-5-8(12(15)18)14-11(17)7-3-2-4-9(10(7)13)16(19)20/h2-4,8H,5-6H2,1H3,(H,14,17). The van der Waals surface area contributed by atoms with Crippen LogP contribution in [0, 0.1) is 10.1 Å². The molecule has 0 aliphatic carbocycles. The van der Waals surface area contributed by atoms with Crippen molar-refractivity contribution in [2.24, 2.45) is 0 Å². The third-order valence-electron chi connectivity index (χ3n) is 3.15. The van der Waals surface area contributed by atoms with Gasteiger partial charge in [0, 0.05) is 19.7 Å². The summed E-state index contributed by atoms with van der Waals surface area (Å²) in [7, 11) is 1.65. The average molecular weight is 298 g/mol. The van der Waals surface area contributed by atoms with Gasteiger partial charge in [0.2, 0.25) is 5.91 Å². The molecule has 1 aliphatic heterocycles. The molecule has 20 heavy (non-hydrogen) atoms. The molecular weight excluding hydrogens is 286 g/mol. The molecule has 2 amide bonds. The van der Waals surface area contributed by atoms with Crippen molar-refractivity contribution < 1.29 is 14.5 Å². The number of carbonyl (C=O) groups excluding carboxylic acids is 2. The number of carbonyl (C=O) groups is 2. The summed E-state index contributed by atoms with van der Waals surface area (Å²) in [5.74, 6) is -0.771. The predicted octanol–water partition coefficient (Wildman–Crippen LogP) is 1.21. The average Bonchev–Trinajstić information content (AvgIpc) is 2.70. The molecule has 1 atom stereocenters. The molecule has 1 N–H and O–H groups in total. The maximum Gasteiger partial charge on any atom is 0.288 e. The van der Waals surface area contributed by atoms with Gasteiger partial charge >= 0.3 is 0 Å². The van der Waals surface area contributed by atoms with Gasteiger partial charge in [-0.3, -0.25) is 19.7 Å².